The van der Waals surface area contributed by atoms with Gasteiger partial charge in [-0.2, -0.15) is 0 Å². The Kier molecular flexibility index (Phi) is 5.49. The Hall–Kier alpha value is -1.71. The first kappa shape index (κ1) is 14.4. The summed E-state index contributed by atoms with van der Waals surface area (Å²) in [5.41, 5.74) is 0. The number of hydrogen-bond acceptors (Lipinski definition) is 3. The predicted octanol–water partition coefficient (Wildman–Crippen LogP) is 2.96. The Balaban J connectivity index is 2.84. The third-order valence-corrected chi connectivity index (χ3v) is 2.41. The van der Waals surface area contributed by atoms with Crippen molar-refractivity contribution in [2.24, 2.45) is 5.92 Å². The smallest absolute Gasteiger partial charge is 0.345 e. The fourth-order valence-corrected chi connectivity index (χ4v) is 1.49. The molecule has 0 aliphatic rings. The van der Waals surface area contributed by atoms with E-state index in [1.165, 1.54) is 0 Å². The van der Waals surface area contributed by atoms with E-state index in [2.05, 4.69) is 0 Å². The molecule has 0 heterocycles. The summed E-state index contributed by atoms with van der Waals surface area (Å²) in [5.74, 6) is -0.00433. The third-order valence-electron chi connectivity index (χ3n) is 2.41. The summed E-state index contributed by atoms with van der Waals surface area (Å²) < 4.78 is 11.1. The van der Waals surface area contributed by atoms with Gasteiger partial charge in [0, 0.05) is 5.92 Å². The summed E-state index contributed by atoms with van der Waals surface area (Å²) in [7, 11) is 0. The zero-order valence-electron chi connectivity index (χ0n) is 11.1. The van der Waals surface area contributed by atoms with Crippen molar-refractivity contribution in [1.82, 2.24) is 0 Å². The average Bonchev–Trinajstić information content (AvgIpc) is 2.33. The Morgan fingerprint density at radius 2 is 1.89 bits per heavy atom. The molecule has 4 nitrogen and oxygen atoms in total. The highest BCUT2D eigenvalue weighted by Gasteiger charge is 2.24. The number of ether oxygens (including phenoxy) is 2. The van der Waals surface area contributed by atoms with Crippen molar-refractivity contribution >= 4 is 5.97 Å². The number of aliphatic carboxylic acids is 1. The second kappa shape index (κ2) is 6.89. The van der Waals surface area contributed by atoms with Crippen molar-refractivity contribution in [3.8, 4) is 11.5 Å². The SMILES string of the molecule is CCCOc1ccccc1OC(C(=O)O)C(C)C. The summed E-state index contributed by atoms with van der Waals surface area (Å²) in [4.78, 5) is 11.1. The largest absolute Gasteiger partial charge is 0.490 e. The van der Waals surface area contributed by atoms with Crippen LogP contribution >= 0.6 is 0 Å². The molecule has 0 radical (unpaired) electrons. The summed E-state index contributed by atoms with van der Waals surface area (Å²) in [6, 6.07) is 7.14. The third kappa shape index (κ3) is 3.95. The first-order chi connectivity index (χ1) is 8.56. The molecule has 1 atom stereocenters. The Morgan fingerprint density at radius 3 is 2.39 bits per heavy atom. The molecule has 1 rings (SSSR count). The quantitative estimate of drug-likeness (QED) is 0.810. The maximum Gasteiger partial charge on any atom is 0.345 e. The topological polar surface area (TPSA) is 55.8 Å². The number of benzene rings is 1. The van der Waals surface area contributed by atoms with Gasteiger partial charge in [-0.3, -0.25) is 0 Å². The Morgan fingerprint density at radius 1 is 1.28 bits per heavy atom. The normalized spacial score (nSPS) is 12.2. The van der Waals surface area contributed by atoms with E-state index in [-0.39, 0.29) is 5.92 Å². The van der Waals surface area contributed by atoms with Crippen LogP contribution in [0.1, 0.15) is 27.2 Å². The second-order valence-electron chi connectivity index (χ2n) is 4.42. The Bertz CT molecular complexity index is 387. The van der Waals surface area contributed by atoms with E-state index < -0.39 is 12.1 Å². The van der Waals surface area contributed by atoms with Crippen LogP contribution in [0.4, 0.5) is 0 Å². The van der Waals surface area contributed by atoms with Gasteiger partial charge in [-0.15, -0.1) is 0 Å². The molecule has 0 aliphatic heterocycles. The minimum Gasteiger partial charge on any atom is -0.490 e. The van der Waals surface area contributed by atoms with Gasteiger partial charge < -0.3 is 14.6 Å². The van der Waals surface area contributed by atoms with Crippen LogP contribution in [0.2, 0.25) is 0 Å². The lowest BCUT2D eigenvalue weighted by atomic mass is 10.1. The van der Waals surface area contributed by atoms with Gasteiger partial charge in [0.15, 0.2) is 17.6 Å². The highest BCUT2D eigenvalue weighted by molar-refractivity contribution is 5.73. The molecule has 1 aromatic rings. The van der Waals surface area contributed by atoms with E-state index in [1.807, 2.05) is 26.8 Å². The van der Waals surface area contributed by atoms with Crippen LogP contribution in [0.25, 0.3) is 0 Å². The second-order valence-corrected chi connectivity index (χ2v) is 4.42. The lowest BCUT2D eigenvalue weighted by molar-refractivity contribution is -0.147. The van der Waals surface area contributed by atoms with Gasteiger partial charge in [0.1, 0.15) is 0 Å². The van der Waals surface area contributed by atoms with Crippen molar-refractivity contribution in [3.63, 3.8) is 0 Å². The first-order valence-corrected chi connectivity index (χ1v) is 6.17. The van der Waals surface area contributed by atoms with Gasteiger partial charge >= 0.3 is 5.97 Å². The molecule has 100 valence electrons. The lowest BCUT2D eigenvalue weighted by Crippen LogP contribution is -2.32. The fraction of sp³-hybridized carbons (Fsp3) is 0.500. The van der Waals surface area contributed by atoms with Gasteiger partial charge in [0.2, 0.25) is 0 Å². The van der Waals surface area contributed by atoms with Crippen molar-refractivity contribution in [2.45, 2.75) is 33.3 Å². The molecule has 0 aliphatic carbocycles. The van der Waals surface area contributed by atoms with Gasteiger partial charge in [0.05, 0.1) is 6.61 Å². The summed E-state index contributed by atoms with van der Waals surface area (Å²) in [6.45, 7) is 6.22. The molecule has 0 saturated carbocycles. The van der Waals surface area contributed by atoms with Gasteiger partial charge in [-0.25, -0.2) is 4.79 Å². The van der Waals surface area contributed by atoms with E-state index in [9.17, 15) is 4.79 Å². The van der Waals surface area contributed by atoms with E-state index in [4.69, 9.17) is 14.6 Å². The van der Waals surface area contributed by atoms with Crippen LogP contribution in [-0.4, -0.2) is 23.8 Å². The van der Waals surface area contributed by atoms with E-state index in [1.54, 1.807) is 18.2 Å². The molecule has 0 saturated heterocycles. The van der Waals surface area contributed by atoms with Crippen molar-refractivity contribution < 1.29 is 19.4 Å². The lowest BCUT2D eigenvalue weighted by Gasteiger charge is -2.20. The predicted molar refractivity (Wildman–Crippen MR) is 69.1 cm³/mol. The zero-order valence-corrected chi connectivity index (χ0v) is 11.1. The maximum absolute atomic E-state index is 11.1. The summed E-state index contributed by atoms with van der Waals surface area (Å²) >= 11 is 0. The van der Waals surface area contributed by atoms with E-state index in [0.717, 1.165) is 6.42 Å². The van der Waals surface area contributed by atoms with Gasteiger partial charge in [-0.05, 0) is 18.6 Å². The van der Waals surface area contributed by atoms with Crippen LogP contribution in [0.3, 0.4) is 0 Å². The van der Waals surface area contributed by atoms with Crippen LogP contribution in [-0.2, 0) is 4.79 Å². The fourth-order valence-electron chi connectivity index (χ4n) is 1.49. The highest BCUT2D eigenvalue weighted by Crippen LogP contribution is 2.28. The highest BCUT2D eigenvalue weighted by atomic mass is 16.5. The number of rotatable bonds is 7. The number of carboxylic acids is 1. The van der Waals surface area contributed by atoms with Crippen LogP contribution < -0.4 is 9.47 Å². The van der Waals surface area contributed by atoms with Crippen molar-refractivity contribution in [1.29, 1.82) is 0 Å². The molecule has 0 fully saturated rings. The maximum atomic E-state index is 11.1. The monoisotopic (exact) mass is 252 g/mol. The molecular weight excluding hydrogens is 232 g/mol. The van der Waals surface area contributed by atoms with Crippen LogP contribution in [0, 0.1) is 5.92 Å². The Labute approximate surface area is 108 Å². The minimum absolute atomic E-state index is 0.110. The molecule has 4 heteroatoms. The van der Waals surface area contributed by atoms with E-state index >= 15 is 0 Å². The van der Waals surface area contributed by atoms with Crippen molar-refractivity contribution in [3.05, 3.63) is 24.3 Å². The summed E-state index contributed by atoms with van der Waals surface area (Å²) in [5, 5.41) is 9.11. The van der Waals surface area contributed by atoms with Gasteiger partial charge in [0.25, 0.3) is 0 Å². The molecule has 18 heavy (non-hydrogen) atoms. The van der Waals surface area contributed by atoms with Crippen LogP contribution in [0.15, 0.2) is 24.3 Å². The number of carbonyl (C=O) groups is 1. The zero-order chi connectivity index (χ0) is 13.5. The molecule has 0 spiro atoms. The van der Waals surface area contributed by atoms with Crippen LogP contribution in [0.5, 0.6) is 11.5 Å². The number of hydrogen-bond donors (Lipinski definition) is 1. The molecule has 1 aromatic carbocycles. The van der Waals surface area contributed by atoms with Gasteiger partial charge in [-0.1, -0.05) is 32.9 Å². The molecule has 0 bridgehead atoms. The molecule has 1 N–H and O–H groups in total. The number of carboxylic acid groups (broad SMARTS) is 1. The minimum atomic E-state index is -0.963. The standard InChI is InChI=1S/C14H20O4/c1-4-9-17-11-7-5-6-8-12(11)18-13(10(2)3)14(15)16/h5-8,10,13H,4,9H2,1-3H3,(H,15,16). The average molecular weight is 252 g/mol. The molecular formula is C14H20O4. The van der Waals surface area contributed by atoms with Crippen molar-refractivity contribution in [2.75, 3.05) is 6.61 Å². The first-order valence-electron chi connectivity index (χ1n) is 6.17. The molecule has 0 aromatic heterocycles. The summed E-state index contributed by atoms with van der Waals surface area (Å²) in [6.07, 6.45) is 0.0253. The molecule has 1 unspecified atom stereocenters. The molecule has 0 amide bonds. The number of para-hydroxylation sites is 2. The van der Waals surface area contributed by atoms with E-state index in [0.29, 0.717) is 18.1 Å².